The van der Waals surface area contributed by atoms with E-state index in [1.165, 1.54) is 0 Å². The van der Waals surface area contributed by atoms with Crippen molar-refractivity contribution in [3.05, 3.63) is 22.6 Å². The predicted octanol–water partition coefficient (Wildman–Crippen LogP) is 2.36. The van der Waals surface area contributed by atoms with Gasteiger partial charge in [0.15, 0.2) is 4.67 Å². The largest absolute Gasteiger partial charge is 0.454 e. The van der Waals surface area contributed by atoms with Crippen LogP contribution in [0.5, 0.6) is 0 Å². The van der Waals surface area contributed by atoms with Crippen molar-refractivity contribution >= 4 is 15.9 Å². The van der Waals surface area contributed by atoms with E-state index in [-0.39, 0.29) is 12.0 Å². The van der Waals surface area contributed by atoms with Crippen LogP contribution < -0.4 is 0 Å². The second-order valence-corrected chi connectivity index (χ2v) is 4.32. The fourth-order valence-electron chi connectivity index (χ4n) is 1.38. The third-order valence-corrected chi connectivity index (χ3v) is 2.90. The first-order valence-corrected chi connectivity index (χ1v) is 4.88. The van der Waals surface area contributed by atoms with E-state index in [0.29, 0.717) is 0 Å². The minimum atomic E-state index is 0.150. The molecular weight excluding hydrogens is 220 g/mol. The van der Waals surface area contributed by atoms with Gasteiger partial charge in [-0.05, 0) is 40.9 Å². The summed E-state index contributed by atoms with van der Waals surface area (Å²) in [6, 6.07) is 3.85. The van der Waals surface area contributed by atoms with Gasteiger partial charge >= 0.3 is 0 Å². The minimum Gasteiger partial charge on any atom is -0.454 e. The quantitative estimate of drug-likeness (QED) is 0.866. The van der Waals surface area contributed by atoms with E-state index in [0.717, 1.165) is 29.7 Å². The molecule has 0 radical (unpaired) electrons. The van der Waals surface area contributed by atoms with Crippen LogP contribution in [0.4, 0.5) is 0 Å². The number of hydrogen-bond acceptors (Lipinski definition) is 2. The third kappa shape index (κ3) is 1.57. The number of halogens is 1. The van der Waals surface area contributed by atoms with Crippen LogP contribution in [-0.2, 0) is 6.42 Å². The molecule has 0 unspecified atom stereocenters. The average molecular weight is 231 g/mol. The maximum Gasteiger partial charge on any atom is 0.169 e. The van der Waals surface area contributed by atoms with Crippen molar-refractivity contribution in [3.63, 3.8) is 0 Å². The second kappa shape index (κ2) is 2.89. The number of aliphatic hydroxyl groups is 1. The van der Waals surface area contributed by atoms with Gasteiger partial charge in [0.05, 0.1) is 0 Å². The van der Waals surface area contributed by atoms with Crippen LogP contribution in [0.15, 0.2) is 21.2 Å². The summed E-state index contributed by atoms with van der Waals surface area (Å²) in [5.41, 5.74) is 0.150. The lowest BCUT2D eigenvalue weighted by molar-refractivity contribution is 0.204. The highest BCUT2D eigenvalue weighted by molar-refractivity contribution is 9.10. The highest BCUT2D eigenvalue weighted by Gasteiger charge is 2.42. The van der Waals surface area contributed by atoms with Gasteiger partial charge in [0.2, 0.25) is 0 Å². The molecule has 0 bridgehead atoms. The topological polar surface area (TPSA) is 33.4 Å². The van der Waals surface area contributed by atoms with E-state index in [2.05, 4.69) is 15.9 Å². The lowest BCUT2D eigenvalue weighted by Crippen LogP contribution is -2.09. The second-order valence-electron chi connectivity index (χ2n) is 3.54. The van der Waals surface area contributed by atoms with Crippen LogP contribution in [0.1, 0.15) is 18.6 Å². The summed E-state index contributed by atoms with van der Waals surface area (Å²) in [6.45, 7) is 0.283. The van der Waals surface area contributed by atoms with Gasteiger partial charge in [-0.1, -0.05) is 0 Å². The van der Waals surface area contributed by atoms with Crippen LogP contribution in [0.2, 0.25) is 0 Å². The van der Waals surface area contributed by atoms with Crippen LogP contribution in [0.25, 0.3) is 0 Å². The molecule has 1 aromatic heterocycles. The van der Waals surface area contributed by atoms with Gasteiger partial charge in [-0.25, -0.2) is 0 Å². The summed E-state index contributed by atoms with van der Waals surface area (Å²) in [5, 5.41) is 9.07. The van der Waals surface area contributed by atoms with Crippen molar-refractivity contribution in [2.24, 2.45) is 5.41 Å². The van der Waals surface area contributed by atoms with Gasteiger partial charge in [0.1, 0.15) is 5.76 Å². The van der Waals surface area contributed by atoms with Crippen LogP contribution >= 0.6 is 15.9 Å². The summed E-state index contributed by atoms with van der Waals surface area (Å²) in [4.78, 5) is 0. The van der Waals surface area contributed by atoms with Crippen molar-refractivity contribution in [2.45, 2.75) is 19.3 Å². The fraction of sp³-hybridized carbons (Fsp3) is 0.556. The van der Waals surface area contributed by atoms with Crippen LogP contribution in [0, 0.1) is 5.41 Å². The molecule has 1 N–H and O–H groups in total. The van der Waals surface area contributed by atoms with E-state index >= 15 is 0 Å². The Hall–Kier alpha value is -0.280. The van der Waals surface area contributed by atoms with Crippen LogP contribution in [0.3, 0.4) is 0 Å². The monoisotopic (exact) mass is 230 g/mol. The van der Waals surface area contributed by atoms with E-state index in [1.807, 2.05) is 12.1 Å². The van der Waals surface area contributed by atoms with Gasteiger partial charge < -0.3 is 9.52 Å². The summed E-state index contributed by atoms with van der Waals surface area (Å²) < 4.78 is 6.14. The Balaban J connectivity index is 2.04. The normalized spacial score (nSPS) is 19.5. The van der Waals surface area contributed by atoms with Crippen molar-refractivity contribution in [1.29, 1.82) is 0 Å². The highest BCUT2D eigenvalue weighted by atomic mass is 79.9. The first-order chi connectivity index (χ1) is 5.74. The summed E-state index contributed by atoms with van der Waals surface area (Å²) >= 11 is 3.25. The Labute approximate surface area is 79.7 Å². The molecule has 0 amide bonds. The Bertz CT molecular complexity index is 276. The first-order valence-electron chi connectivity index (χ1n) is 4.09. The molecule has 0 spiro atoms. The number of rotatable bonds is 3. The molecule has 1 fully saturated rings. The van der Waals surface area contributed by atoms with Crippen molar-refractivity contribution < 1.29 is 9.52 Å². The van der Waals surface area contributed by atoms with E-state index in [9.17, 15) is 0 Å². The zero-order valence-electron chi connectivity index (χ0n) is 6.72. The molecule has 0 aliphatic heterocycles. The molecule has 2 rings (SSSR count). The molecule has 12 heavy (non-hydrogen) atoms. The number of aliphatic hydroxyl groups excluding tert-OH is 1. The molecule has 1 aliphatic carbocycles. The molecule has 1 aliphatic rings. The van der Waals surface area contributed by atoms with E-state index < -0.39 is 0 Å². The Morgan fingerprint density at radius 2 is 2.25 bits per heavy atom. The maximum absolute atomic E-state index is 9.07. The molecule has 1 saturated carbocycles. The molecule has 0 saturated heterocycles. The predicted molar refractivity (Wildman–Crippen MR) is 48.9 cm³/mol. The lowest BCUT2D eigenvalue weighted by atomic mass is 10.0. The fourth-order valence-corrected chi connectivity index (χ4v) is 1.72. The van der Waals surface area contributed by atoms with Gasteiger partial charge in [-0.2, -0.15) is 0 Å². The SMILES string of the molecule is OCC1(Cc2ccc(Br)o2)CC1. The number of furan rings is 1. The smallest absolute Gasteiger partial charge is 0.169 e. The van der Waals surface area contributed by atoms with Gasteiger partial charge in [0, 0.05) is 18.4 Å². The van der Waals surface area contributed by atoms with Crippen molar-refractivity contribution in [2.75, 3.05) is 6.61 Å². The zero-order valence-corrected chi connectivity index (χ0v) is 8.30. The van der Waals surface area contributed by atoms with E-state index in [1.54, 1.807) is 0 Å². The van der Waals surface area contributed by atoms with Crippen molar-refractivity contribution in [1.82, 2.24) is 0 Å². The first kappa shape index (κ1) is 8.32. The highest BCUT2D eigenvalue weighted by Crippen LogP contribution is 2.48. The Kier molecular flexibility index (Phi) is 2.00. The summed E-state index contributed by atoms with van der Waals surface area (Å²) in [7, 11) is 0. The summed E-state index contributed by atoms with van der Waals surface area (Å²) in [5.74, 6) is 0.966. The molecule has 0 aromatic carbocycles. The van der Waals surface area contributed by atoms with Crippen LogP contribution in [-0.4, -0.2) is 11.7 Å². The van der Waals surface area contributed by atoms with Crippen molar-refractivity contribution in [3.8, 4) is 0 Å². The Morgan fingerprint density at radius 1 is 1.50 bits per heavy atom. The maximum atomic E-state index is 9.07. The minimum absolute atomic E-state index is 0.150. The van der Waals surface area contributed by atoms with E-state index in [4.69, 9.17) is 9.52 Å². The van der Waals surface area contributed by atoms with Gasteiger partial charge in [0.25, 0.3) is 0 Å². The Morgan fingerprint density at radius 3 is 2.67 bits per heavy atom. The lowest BCUT2D eigenvalue weighted by Gasteiger charge is -2.07. The average Bonchev–Trinajstić information content (AvgIpc) is 2.71. The zero-order chi connectivity index (χ0) is 8.60. The third-order valence-electron chi connectivity index (χ3n) is 2.47. The number of hydrogen-bond donors (Lipinski definition) is 1. The molecule has 66 valence electrons. The van der Waals surface area contributed by atoms with Gasteiger partial charge in [-0.15, -0.1) is 0 Å². The molecule has 1 aromatic rings. The molecule has 2 nitrogen and oxygen atoms in total. The molecule has 1 heterocycles. The molecular formula is C9H11BrO2. The molecule has 3 heteroatoms. The van der Waals surface area contributed by atoms with Gasteiger partial charge in [-0.3, -0.25) is 0 Å². The standard InChI is InChI=1S/C9H11BrO2/c10-8-2-1-7(12-8)5-9(6-11)3-4-9/h1-2,11H,3-6H2. The molecule has 0 atom stereocenters. The summed E-state index contributed by atoms with van der Waals surface area (Å²) in [6.07, 6.45) is 3.12.